The lowest BCUT2D eigenvalue weighted by molar-refractivity contribution is -0.385. The van der Waals surface area contributed by atoms with Crippen molar-refractivity contribution in [1.29, 1.82) is 0 Å². The average Bonchev–Trinajstić information content (AvgIpc) is 2.76. The topological polar surface area (TPSA) is 43.1 Å². The average molecular weight is 282 g/mol. The fourth-order valence-corrected chi connectivity index (χ4v) is 3.00. The van der Waals surface area contributed by atoms with Crippen LogP contribution in [0.2, 0.25) is 0 Å². The molecule has 0 radical (unpaired) electrons. The lowest BCUT2D eigenvalue weighted by Crippen LogP contribution is -1.99. The molecule has 0 bridgehead atoms. The maximum Gasteiger partial charge on any atom is 0.272 e. The van der Waals surface area contributed by atoms with Gasteiger partial charge < -0.3 is 0 Å². The number of hydrogen-bond acceptors (Lipinski definition) is 3. The third-order valence-electron chi connectivity index (χ3n) is 2.66. The van der Waals surface area contributed by atoms with Crippen LogP contribution in [0.1, 0.15) is 20.7 Å². The van der Waals surface area contributed by atoms with Gasteiger partial charge in [-0.15, -0.1) is 22.9 Å². The molecule has 0 aliphatic heterocycles. The van der Waals surface area contributed by atoms with E-state index in [0.717, 1.165) is 4.88 Å². The molecule has 94 valence electrons. The van der Waals surface area contributed by atoms with Crippen LogP contribution in [-0.2, 0) is 6.42 Å². The van der Waals surface area contributed by atoms with E-state index in [2.05, 4.69) is 0 Å². The second kappa shape index (κ2) is 5.50. The van der Waals surface area contributed by atoms with Crippen LogP contribution in [0.25, 0.3) is 0 Å². The van der Waals surface area contributed by atoms with Crippen molar-refractivity contribution >= 4 is 28.6 Å². The van der Waals surface area contributed by atoms with Crippen molar-refractivity contribution in [2.45, 2.75) is 18.7 Å². The van der Waals surface area contributed by atoms with Gasteiger partial charge in [0.2, 0.25) is 0 Å². The van der Waals surface area contributed by atoms with E-state index >= 15 is 0 Å². The van der Waals surface area contributed by atoms with Crippen LogP contribution in [0, 0.1) is 17.0 Å². The first kappa shape index (κ1) is 13.1. The standard InChI is InChI=1S/C13H12ClNO2S/c1-9-6-7-13(18-9)11(14)8-10-4-2-3-5-12(10)15(16)17/h2-7,11H,8H2,1H3. The first-order valence-corrected chi connectivity index (χ1v) is 6.76. The molecular formula is C13H12ClNO2S. The zero-order valence-electron chi connectivity index (χ0n) is 9.80. The molecule has 0 aliphatic rings. The lowest BCUT2D eigenvalue weighted by atomic mass is 10.1. The smallest absolute Gasteiger partial charge is 0.258 e. The van der Waals surface area contributed by atoms with E-state index in [0.29, 0.717) is 12.0 Å². The molecule has 1 aromatic carbocycles. The minimum absolute atomic E-state index is 0.136. The second-order valence-electron chi connectivity index (χ2n) is 4.01. The molecule has 18 heavy (non-hydrogen) atoms. The van der Waals surface area contributed by atoms with Crippen LogP contribution in [0.3, 0.4) is 0 Å². The van der Waals surface area contributed by atoms with Crippen LogP contribution >= 0.6 is 22.9 Å². The fraction of sp³-hybridized carbons (Fsp3) is 0.231. The monoisotopic (exact) mass is 281 g/mol. The predicted octanol–water partition coefficient (Wildman–Crippen LogP) is 4.49. The Morgan fingerprint density at radius 1 is 1.33 bits per heavy atom. The Morgan fingerprint density at radius 2 is 2.06 bits per heavy atom. The van der Waals surface area contributed by atoms with Gasteiger partial charge >= 0.3 is 0 Å². The van der Waals surface area contributed by atoms with Crippen molar-refractivity contribution < 1.29 is 4.92 Å². The van der Waals surface area contributed by atoms with Gasteiger partial charge in [-0.2, -0.15) is 0 Å². The molecule has 3 nitrogen and oxygen atoms in total. The lowest BCUT2D eigenvalue weighted by Gasteiger charge is -2.07. The number of para-hydroxylation sites is 1. The van der Waals surface area contributed by atoms with Gasteiger partial charge in [-0.25, -0.2) is 0 Å². The largest absolute Gasteiger partial charge is 0.272 e. The Bertz CT molecular complexity index is 568. The third kappa shape index (κ3) is 2.89. The maximum atomic E-state index is 10.9. The molecule has 2 rings (SSSR count). The van der Waals surface area contributed by atoms with E-state index in [1.807, 2.05) is 19.1 Å². The summed E-state index contributed by atoms with van der Waals surface area (Å²) in [6.07, 6.45) is 0.471. The number of nitrogens with zero attached hydrogens (tertiary/aromatic N) is 1. The van der Waals surface area contributed by atoms with Gasteiger partial charge in [-0.1, -0.05) is 18.2 Å². The van der Waals surface area contributed by atoms with Crippen molar-refractivity contribution in [2.24, 2.45) is 0 Å². The van der Waals surface area contributed by atoms with Crippen molar-refractivity contribution in [3.05, 3.63) is 61.8 Å². The van der Waals surface area contributed by atoms with Crippen LogP contribution < -0.4 is 0 Å². The molecule has 2 aromatic rings. The minimum atomic E-state index is -0.362. The number of rotatable bonds is 4. The van der Waals surface area contributed by atoms with E-state index in [9.17, 15) is 10.1 Å². The summed E-state index contributed by atoms with van der Waals surface area (Å²) in [5.74, 6) is 0. The summed E-state index contributed by atoms with van der Waals surface area (Å²) in [7, 11) is 0. The molecular weight excluding hydrogens is 270 g/mol. The van der Waals surface area contributed by atoms with Gasteiger partial charge in [0, 0.05) is 27.8 Å². The molecule has 0 spiro atoms. The van der Waals surface area contributed by atoms with Gasteiger partial charge in [-0.3, -0.25) is 10.1 Å². The Balaban J connectivity index is 2.21. The van der Waals surface area contributed by atoms with E-state index < -0.39 is 0 Å². The summed E-state index contributed by atoms with van der Waals surface area (Å²) >= 11 is 7.95. The molecule has 0 fully saturated rings. The van der Waals surface area contributed by atoms with Gasteiger partial charge in [0.25, 0.3) is 5.69 Å². The molecule has 5 heteroatoms. The number of halogens is 1. The molecule has 0 saturated heterocycles. The summed E-state index contributed by atoms with van der Waals surface area (Å²) in [4.78, 5) is 12.8. The summed E-state index contributed by atoms with van der Waals surface area (Å²) in [6.45, 7) is 2.02. The van der Waals surface area contributed by atoms with Crippen LogP contribution in [0.15, 0.2) is 36.4 Å². The number of nitro benzene ring substituents is 1. The Morgan fingerprint density at radius 3 is 2.67 bits per heavy atom. The summed E-state index contributed by atoms with van der Waals surface area (Å²) in [5.41, 5.74) is 0.810. The summed E-state index contributed by atoms with van der Waals surface area (Å²) in [5, 5.41) is 10.7. The predicted molar refractivity (Wildman–Crippen MR) is 74.5 cm³/mol. The molecule has 0 amide bonds. The molecule has 0 N–H and O–H groups in total. The Labute approximate surface area is 114 Å². The first-order chi connectivity index (χ1) is 8.58. The number of hydrogen-bond donors (Lipinski definition) is 0. The highest BCUT2D eigenvalue weighted by atomic mass is 35.5. The molecule has 1 aromatic heterocycles. The third-order valence-corrected chi connectivity index (χ3v) is 4.29. The van der Waals surface area contributed by atoms with Gasteiger partial charge in [-0.05, 0) is 19.1 Å². The van der Waals surface area contributed by atoms with Crippen molar-refractivity contribution in [3.8, 4) is 0 Å². The van der Waals surface area contributed by atoms with E-state index in [1.165, 1.54) is 10.9 Å². The van der Waals surface area contributed by atoms with Gasteiger partial charge in [0.1, 0.15) is 0 Å². The fourth-order valence-electron chi connectivity index (χ4n) is 1.78. The van der Waals surface area contributed by atoms with Gasteiger partial charge in [0.15, 0.2) is 0 Å². The van der Waals surface area contributed by atoms with Crippen molar-refractivity contribution in [3.63, 3.8) is 0 Å². The highest BCUT2D eigenvalue weighted by Crippen LogP contribution is 2.32. The number of thiophene rings is 1. The number of alkyl halides is 1. The first-order valence-electron chi connectivity index (χ1n) is 5.50. The zero-order valence-corrected chi connectivity index (χ0v) is 11.4. The van der Waals surface area contributed by atoms with E-state index in [-0.39, 0.29) is 16.0 Å². The quantitative estimate of drug-likeness (QED) is 0.471. The second-order valence-corrected chi connectivity index (χ2v) is 5.85. The summed E-state index contributed by atoms with van der Waals surface area (Å²) in [6, 6.07) is 10.7. The molecule has 1 heterocycles. The minimum Gasteiger partial charge on any atom is -0.258 e. The highest BCUT2D eigenvalue weighted by Gasteiger charge is 2.18. The normalized spacial score (nSPS) is 12.3. The van der Waals surface area contributed by atoms with Crippen LogP contribution in [-0.4, -0.2) is 4.92 Å². The van der Waals surface area contributed by atoms with Crippen LogP contribution in [0.5, 0.6) is 0 Å². The van der Waals surface area contributed by atoms with Crippen LogP contribution in [0.4, 0.5) is 5.69 Å². The Kier molecular flexibility index (Phi) is 3.99. The SMILES string of the molecule is Cc1ccc(C(Cl)Cc2ccccc2[N+](=O)[O-])s1. The summed E-state index contributed by atoms with van der Waals surface area (Å²) < 4.78 is 0. The van der Waals surface area contributed by atoms with Crippen molar-refractivity contribution in [2.75, 3.05) is 0 Å². The highest BCUT2D eigenvalue weighted by molar-refractivity contribution is 7.12. The maximum absolute atomic E-state index is 10.9. The van der Waals surface area contributed by atoms with Gasteiger partial charge in [0.05, 0.1) is 10.3 Å². The number of aryl methyl sites for hydroxylation is 1. The molecule has 1 unspecified atom stereocenters. The van der Waals surface area contributed by atoms with E-state index in [1.54, 1.807) is 29.5 Å². The number of nitro groups is 1. The number of benzene rings is 1. The Hall–Kier alpha value is -1.39. The molecule has 0 aliphatic carbocycles. The molecule has 0 saturated carbocycles. The molecule has 1 atom stereocenters. The van der Waals surface area contributed by atoms with Crippen molar-refractivity contribution in [1.82, 2.24) is 0 Å². The zero-order chi connectivity index (χ0) is 13.1. The van der Waals surface area contributed by atoms with E-state index in [4.69, 9.17) is 11.6 Å².